The molecule has 1 aromatic heterocycles. The molecule has 1 fully saturated rings. The van der Waals surface area contributed by atoms with Gasteiger partial charge in [-0.2, -0.15) is 0 Å². The van der Waals surface area contributed by atoms with E-state index >= 15 is 0 Å². The van der Waals surface area contributed by atoms with E-state index in [9.17, 15) is 0 Å². The molecule has 0 spiro atoms. The first-order valence-corrected chi connectivity index (χ1v) is 8.16. The Hall–Kier alpha value is -0.680. The van der Waals surface area contributed by atoms with E-state index in [4.69, 9.17) is 5.73 Å². The van der Waals surface area contributed by atoms with Crippen molar-refractivity contribution in [1.82, 2.24) is 4.90 Å². The largest absolute Gasteiger partial charge is 0.326 e. The molecule has 2 N–H and O–H groups in total. The van der Waals surface area contributed by atoms with Gasteiger partial charge in [-0.3, -0.25) is 4.90 Å². The first kappa shape index (κ1) is 13.3. The van der Waals surface area contributed by atoms with Crippen LogP contribution in [0.4, 0.5) is 0 Å². The van der Waals surface area contributed by atoms with E-state index in [1.165, 1.54) is 14.9 Å². The van der Waals surface area contributed by atoms with Crippen LogP contribution in [0, 0.1) is 0 Å². The fraction of sp³-hybridized carbons (Fsp3) is 0.333. The molecule has 2 nitrogen and oxygen atoms in total. The summed E-state index contributed by atoms with van der Waals surface area (Å²) < 4.78 is 1.22. The lowest BCUT2D eigenvalue weighted by Gasteiger charge is -2.15. The number of likely N-dealkylation sites (tertiary alicyclic amines) is 1. The number of hydrogen-bond donors (Lipinski definition) is 1. The van der Waals surface area contributed by atoms with Crippen molar-refractivity contribution in [2.24, 2.45) is 5.73 Å². The van der Waals surface area contributed by atoms with Gasteiger partial charge in [0.1, 0.15) is 0 Å². The van der Waals surface area contributed by atoms with Gasteiger partial charge in [0, 0.05) is 40.9 Å². The molecule has 0 radical (unpaired) electrons. The van der Waals surface area contributed by atoms with Gasteiger partial charge in [-0.1, -0.05) is 30.3 Å². The van der Waals surface area contributed by atoms with Crippen molar-refractivity contribution in [2.45, 2.75) is 18.5 Å². The second-order valence-electron chi connectivity index (χ2n) is 5.07. The zero-order valence-electron chi connectivity index (χ0n) is 10.6. The number of nitrogens with zero attached hydrogens (tertiary/aromatic N) is 1. The summed E-state index contributed by atoms with van der Waals surface area (Å²) in [6.45, 7) is 3.02. The van der Waals surface area contributed by atoms with Crippen LogP contribution in [0.2, 0.25) is 0 Å². The SMILES string of the molecule is N[C@@H]1CN(Cc2sccc2Br)C[C@H]1c1ccccc1. The molecule has 2 aromatic rings. The summed E-state index contributed by atoms with van der Waals surface area (Å²) in [5, 5.41) is 2.13. The molecule has 4 heteroatoms. The van der Waals surface area contributed by atoms with E-state index in [1.54, 1.807) is 11.3 Å². The molecule has 3 rings (SSSR count). The van der Waals surface area contributed by atoms with Crippen molar-refractivity contribution < 1.29 is 0 Å². The highest BCUT2D eigenvalue weighted by Gasteiger charge is 2.31. The Labute approximate surface area is 126 Å². The number of thiophene rings is 1. The topological polar surface area (TPSA) is 29.3 Å². The molecular formula is C15H17BrN2S. The van der Waals surface area contributed by atoms with Gasteiger partial charge in [0.2, 0.25) is 0 Å². The van der Waals surface area contributed by atoms with E-state index in [1.807, 2.05) is 0 Å². The maximum Gasteiger partial charge on any atom is 0.0340 e. The molecule has 1 saturated heterocycles. The van der Waals surface area contributed by atoms with Crippen molar-refractivity contribution in [3.63, 3.8) is 0 Å². The van der Waals surface area contributed by atoms with Gasteiger partial charge in [-0.05, 0) is 32.9 Å². The van der Waals surface area contributed by atoms with Gasteiger partial charge in [0.25, 0.3) is 0 Å². The summed E-state index contributed by atoms with van der Waals surface area (Å²) in [5.74, 6) is 0.458. The molecule has 0 aliphatic carbocycles. The second kappa shape index (κ2) is 5.75. The Bertz CT molecular complexity index is 540. The highest BCUT2D eigenvalue weighted by Crippen LogP contribution is 2.30. The van der Waals surface area contributed by atoms with Crippen LogP contribution >= 0.6 is 27.3 Å². The molecule has 0 unspecified atom stereocenters. The fourth-order valence-electron chi connectivity index (χ4n) is 2.74. The van der Waals surface area contributed by atoms with Crippen molar-refractivity contribution in [2.75, 3.05) is 13.1 Å². The van der Waals surface area contributed by atoms with Gasteiger partial charge < -0.3 is 5.73 Å². The number of benzene rings is 1. The summed E-state index contributed by atoms with van der Waals surface area (Å²) in [4.78, 5) is 3.85. The Morgan fingerprint density at radius 3 is 2.68 bits per heavy atom. The molecule has 100 valence electrons. The lowest BCUT2D eigenvalue weighted by Crippen LogP contribution is -2.28. The Balaban J connectivity index is 1.70. The lowest BCUT2D eigenvalue weighted by molar-refractivity contribution is 0.326. The molecule has 19 heavy (non-hydrogen) atoms. The number of halogens is 1. The zero-order chi connectivity index (χ0) is 13.2. The van der Waals surface area contributed by atoms with Crippen LogP contribution in [0.15, 0.2) is 46.3 Å². The van der Waals surface area contributed by atoms with Crippen molar-refractivity contribution >= 4 is 27.3 Å². The lowest BCUT2D eigenvalue weighted by atomic mass is 9.95. The molecule has 1 aromatic carbocycles. The monoisotopic (exact) mass is 336 g/mol. The first-order valence-electron chi connectivity index (χ1n) is 6.49. The second-order valence-corrected chi connectivity index (χ2v) is 6.92. The quantitative estimate of drug-likeness (QED) is 0.930. The number of hydrogen-bond acceptors (Lipinski definition) is 3. The molecular weight excluding hydrogens is 320 g/mol. The van der Waals surface area contributed by atoms with Crippen LogP contribution in [-0.4, -0.2) is 24.0 Å². The molecule has 1 aliphatic heterocycles. The highest BCUT2D eigenvalue weighted by molar-refractivity contribution is 9.10. The normalized spacial score (nSPS) is 23.9. The van der Waals surface area contributed by atoms with Crippen LogP contribution in [0.3, 0.4) is 0 Å². The Morgan fingerprint density at radius 1 is 1.21 bits per heavy atom. The molecule has 2 heterocycles. The van der Waals surface area contributed by atoms with E-state index in [2.05, 4.69) is 62.6 Å². The maximum absolute atomic E-state index is 6.32. The summed E-state index contributed by atoms with van der Waals surface area (Å²) in [6.07, 6.45) is 0. The van der Waals surface area contributed by atoms with Crippen molar-refractivity contribution in [1.29, 1.82) is 0 Å². The smallest absolute Gasteiger partial charge is 0.0340 e. The zero-order valence-corrected chi connectivity index (χ0v) is 13.0. The average molecular weight is 337 g/mol. The van der Waals surface area contributed by atoms with Crippen molar-refractivity contribution in [3.8, 4) is 0 Å². The predicted octanol–water partition coefficient (Wildman–Crippen LogP) is 3.44. The molecule has 2 atom stereocenters. The highest BCUT2D eigenvalue weighted by atomic mass is 79.9. The van der Waals surface area contributed by atoms with Crippen molar-refractivity contribution in [3.05, 3.63) is 56.7 Å². The molecule has 0 amide bonds. The van der Waals surface area contributed by atoms with E-state index in [0.29, 0.717) is 5.92 Å². The van der Waals surface area contributed by atoms with Gasteiger partial charge >= 0.3 is 0 Å². The Kier molecular flexibility index (Phi) is 4.03. The van der Waals surface area contributed by atoms with Gasteiger partial charge in [0.15, 0.2) is 0 Å². The van der Waals surface area contributed by atoms with E-state index in [-0.39, 0.29) is 6.04 Å². The van der Waals surface area contributed by atoms with Gasteiger partial charge in [-0.15, -0.1) is 11.3 Å². The van der Waals surface area contributed by atoms with Crippen LogP contribution in [0.1, 0.15) is 16.4 Å². The molecule has 0 saturated carbocycles. The minimum Gasteiger partial charge on any atom is -0.326 e. The first-order chi connectivity index (χ1) is 9.24. The molecule has 1 aliphatic rings. The minimum absolute atomic E-state index is 0.237. The van der Waals surface area contributed by atoms with Crippen LogP contribution in [0.25, 0.3) is 0 Å². The molecule has 0 bridgehead atoms. The predicted molar refractivity (Wildman–Crippen MR) is 84.5 cm³/mol. The maximum atomic E-state index is 6.32. The summed E-state index contributed by atoms with van der Waals surface area (Å²) >= 11 is 5.41. The average Bonchev–Trinajstić information content (AvgIpc) is 2.98. The van der Waals surface area contributed by atoms with Gasteiger partial charge in [0.05, 0.1) is 0 Å². The standard InChI is InChI=1S/C15H17BrN2S/c16-13-6-7-19-15(13)10-18-8-12(14(17)9-18)11-4-2-1-3-5-11/h1-7,12,14H,8-10,17H2/t12-,14+/m0/s1. The third-order valence-corrected chi connectivity index (χ3v) is 5.64. The number of rotatable bonds is 3. The van der Waals surface area contributed by atoms with E-state index < -0.39 is 0 Å². The van der Waals surface area contributed by atoms with E-state index in [0.717, 1.165) is 19.6 Å². The minimum atomic E-state index is 0.237. The number of nitrogens with two attached hydrogens (primary N) is 1. The van der Waals surface area contributed by atoms with Crippen LogP contribution < -0.4 is 5.73 Å². The third kappa shape index (κ3) is 2.92. The summed E-state index contributed by atoms with van der Waals surface area (Å²) in [6, 6.07) is 13.0. The van der Waals surface area contributed by atoms with Gasteiger partial charge in [-0.25, -0.2) is 0 Å². The summed E-state index contributed by atoms with van der Waals surface area (Å²) in [7, 11) is 0. The third-order valence-electron chi connectivity index (χ3n) is 3.73. The van der Waals surface area contributed by atoms with Crippen LogP contribution in [-0.2, 0) is 6.54 Å². The Morgan fingerprint density at radius 2 is 2.00 bits per heavy atom. The summed E-state index contributed by atoms with van der Waals surface area (Å²) in [5.41, 5.74) is 7.68. The van der Waals surface area contributed by atoms with Crippen LogP contribution in [0.5, 0.6) is 0 Å². The fourth-order valence-corrected chi connectivity index (χ4v) is 4.26.